The van der Waals surface area contributed by atoms with Crippen molar-refractivity contribution in [1.82, 2.24) is 19.4 Å². The second-order valence-corrected chi connectivity index (χ2v) is 16.4. The van der Waals surface area contributed by atoms with E-state index in [0.717, 1.165) is 110 Å². The molecule has 0 N–H and O–H groups in total. The highest BCUT2D eigenvalue weighted by Crippen LogP contribution is 2.40. The van der Waals surface area contributed by atoms with Crippen molar-refractivity contribution >= 4 is 23.2 Å². The lowest BCUT2D eigenvalue weighted by Crippen LogP contribution is -2.48. The summed E-state index contributed by atoms with van der Waals surface area (Å²) in [4.78, 5) is 34.8. The van der Waals surface area contributed by atoms with E-state index in [1.54, 1.807) is 38.1 Å². The molecule has 1 saturated carbocycles. The third-order valence-electron chi connectivity index (χ3n) is 12.1. The van der Waals surface area contributed by atoms with Gasteiger partial charge in [0, 0.05) is 81.6 Å². The third kappa shape index (κ3) is 10.5. The number of methoxy groups -OCH3 is 2. The Labute approximate surface area is 327 Å². The predicted molar refractivity (Wildman–Crippen MR) is 219 cm³/mol. The minimum Gasteiger partial charge on any atom is -0.496 e. The zero-order chi connectivity index (χ0) is 38.6. The molecule has 10 heteroatoms. The Bertz CT molecular complexity index is 1790. The molecule has 1 aliphatic heterocycles. The number of aryl methyl sites for hydroxylation is 1. The van der Waals surface area contributed by atoms with Crippen LogP contribution in [0.2, 0.25) is 0 Å². The second-order valence-electron chi connectivity index (χ2n) is 15.4. The molecule has 9 nitrogen and oxygen atoms in total. The van der Waals surface area contributed by atoms with Crippen LogP contribution in [0.4, 0.5) is 0 Å². The number of aromatic nitrogens is 2. The van der Waals surface area contributed by atoms with E-state index in [-0.39, 0.29) is 16.9 Å². The Morgan fingerprint density at radius 3 is 2.31 bits per heavy atom. The Balaban J connectivity index is 1.20. The summed E-state index contributed by atoms with van der Waals surface area (Å²) in [5, 5.41) is 12.1. The first kappa shape index (κ1) is 41.4. The number of hydrogen-bond donors (Lipinski definition) is 0. The molecule has 292 valence electrons. The van der Waals surface area contributed by atoms with Crippen molar-refractivity contribution < 1.29 is 14.3 Å². The molecule has 5 rings (SSSR count). The maximum atomic E-state index is 12.8. The fourth-order valence-corrected chi connectivity index (χ4v) is 9.48. The molecule has 1 saturated heterocycles. The minimum absolute atomic E-state index is 0.0210. The molecule has 0 amide bonds. The van der Waals surface area contributed by atoms with Crippen molar-refractivity contribution in [2.24, 2.45) is 24.8 Å². The molecule has 2 atom stereocenters. The molecular formula is C44H61N5O4S. The molecule has 2 aliphatic rings. The van der Waals surface area contributed by atoms with Gasteiger partial charge in [0.2, 0.25) is 0 Å². The van der Waals surface area contributed by atoms with Crippen molar-refractivity contribution in [3.63, 3.8) is 0 Å². The molecule has 3 aromatic rings. The van der Waals surface area contributed by atoms with Gasteiger partial charge < -0.3 is 18.9 Å². The van der Waals surface area contributed by atoms with Gasteiger partial charge in [0.25, 0.3) is 5.56 Å². The van der Waals surface area contributed by atoms with Crippen LogP contribution >= 0.6 is 11.3 Å². The van der Waals surface area contributed by atoms with Gasteiger partial charge in [-0.15, -0.1) is 11.3 Å². The van der Waals surface area contributed by atoms with E-state index in [4.69, 9.17) is 9.47 Å². The highest BCUT2D eigenvalue weighted by molar-refractivity contribution is 7.10. The van der Waals surface area contributed by atoms with E-state index < -0.39 is 0 Å². The standard InChI is InChI=1S/C44H61N5O4S/c1-7-37(33-14-10-8-11-15-33)34(16-12-9-13-17-40(50)36(27-45)26-43-46-18-23-54-43)28-48-19-21-49(22-20-48)30-39-41(52-5)24-35(25-42(39)53-6)38-29-47(4)44(51)32(3)31(38)2/h18,23-26,29,33-34,37H,7-17,19-22,28,30H2,1-6H3/b36-26+/t34?,37-/m0/s1. The number of benzene rings is 1. The number of carbonyl (C=O) groups excluding carboxylic acids is 1. The molecule has 3 heterocycles. The van der Waals surface area contributed by atoms with Crippen LogP contribution in [0.1, 0.15) is 99.3 Å². The van der Waals surface area contributed by atoms with Crippen molar-refractivity contribution in [3.05, 3.63) is 67.5 Å². The van der Waals surface area contributed by atoms with Crippen LogP contribution in [0.5, 0.6) is 11.5 Å². The predicted octanol–water partition coefficient (Wildman–Crippen LogP) is 8.61. The smallest absolute Gasteiger partial charge is 0.253 e. The number of allylic oxidation sites excluding steroid dienone is 1. The third-order valence-corrected chi connectivity index (χ3v) is 12.9. The summed E-state index contributed by atoms with van der Waals surface area (Å²) in [5.41, 5.74) is 4.98. The van der Waals surface area contributed by atoms with E-state index in [1.165, 1.54) is 56.3 Å². The van der Waals surface area contributed by atoms with Gasteiger partial charge in [-0.2, -0.15) is 5.26 Å². The van der Waals surface area contributed by atoms with Gasteiger partial charge in [-0.05, 0) is 73.8 Å². The molecule has 0 bridgehead atoms. The van der Waals surface area contributed by atoms with Crippen LogP contribution in [0, 0.1) is 42.9 Å². The number of hydrogen-bond acceptors (Lipinski definition) is 9. The number of unbranched alkanes of at least 4 members (excludes halogenated alkanes) is 2. The van der Waals surface area contributed by atoms with Gasteiger partial charge in [-0.1, -0.05) is 58.3 Å². The maximum absolute atomic E-state index is 12.8. The van der Waals surface area contributed by atoms with Crippen LogP contribution in [0.15, 0.2) is 40.3 Å². The number of pyridine rings is 1. The number of carbonyl (C=O) groups is 1. The lowest BCUT2D eigenvalue weighted by molar-refractivity contribution is -0.115. The Kier molecular flexibility index (Phi) is 15.5. The lowest BCUT2D eigenvalue weighted by Gasteiger charge is -2.41. The minimum atomic E-state index is -0.0728. The molecule has 1 unspecified atom stereocenters. The lowest BCUT2D eigenvalue weighted by atomic mass is 9.71. The average Bonchev–Trinajstić information content (AvgIpc) is 3.72. The van der Waals surface area contributed by atoms with E-state index in [1.807, 2.05) is 25.4 Å². The number of Topliss-reactive ketones (excluding diaryl/α,β-unsaturated/α-hetero) is 1. The summed E-state index contributed by atoms with van der Waals surface area (Å²) in [6.07, 6.45) is 17.8. The first-order chi connectivity index (χ1) is 26.2. The average molecular weight is 756 g/mol. The largest absolute Gasteiger partial charge is 0.496 e. The highest BCUT2D eigenvalue weighted by Gasteiger charge is 2.31. The number of rotatable bonds is 18. The first-order valence-electron chi connectivity index (χ1n) is 20.1. The molecule has 54 heavy (non-hydrogen) atoms. The number of nitriles is 1. The summed E-state index contributed by atoms with van der Waals surface area (Å²) in [6, 6.07) is 6.26. The fraction of sp³-hybridized carbons (Fsp3) is 0.591. The molecule has 2 aromatic heterocycles. The second kappa shape index (κ2) is 20.2. The van der Waals surface area contributed by atoms with Gasteiger partial charge in [0.15, 0.2) is 5.78 Å². The highest BCUT2D eigenvalue weighted by atomic mass is 32.1. The van der Waals surface area contributed by atoms with Crippen LogP contribution < -0.4 is 15.0 Å². The monoisotopic (exact) mass is 755 g/mol. The summed E-state index contributed by atoms with van der Waals surface area (Å²) < 4.78 is 13.6. The van der Waals surface area contributed by atoms with Gasteiger partial charge in [0.1, 0.15) is 22.6 Å². The Morgan fingerprint density at radius 1 is 1.02 bits per heavy atom. The zero-order valence-corrected chi connectivity index (χ0v) is 34.3. The SMILES string of the molecule is CC[C@@H](C1CCCCC1)C(CCCCCC(=O)/C(C#N)=C/c1nccs1)CN1CCN(Cc2c(OC)cc(-c3cn(C)c(=O)c(C)c3C)cc2OC)CC1. The summed E-state index contributed by atoms with van der Waals surface area (Å²) >= 11 is 1.44. The summed E-state index contributed by atoms with van der Waals surface area (Å²) in [7, 11) is 5.24. The van der Waals surface area contributed by atoms with Gasteiger partial charge >= 0.3 is 0 Å². The molecule has 1 aromatic carbocycles. The van der Waals surface area contributed by atoms with Crippen molar-refractivity contribution in [2.45, 2.75) is 97.9 Å². The normalized spacial score (nSPS) is 17.2. The molecule has 1 aliphatic carbocycles. The molecule has 2 fully saturated rings. The van der Waals surface area contributed by atoms with Crippen molar-refractivity contribution in [3.8, 4) is 28.7 Å². The Hall–Kier alpha value is -3.78. The van der Waals surface area contributed by atoms with Crippen molar-refractivity contribution in [1.29, 1.82) is 5.26 Å². The topological polar surface area (TPSA) is 101 Å². The molecule has 0 spiro atoms. The summed E-state index contributed by atoms with van der Waals surface area (Å²) in [5.74, 6) is 3.74. The van der Waals surface area contributed by atoms with Crippen LogP contribution in [-0.4, -0.2) is 72.1 Å². The molecule has 0 radical (unpaired) electrons. The van der Waals surface area contributed by atoms with E-state index in [0.29, 0.717) is 17.3 Å². The van der Waals surface area contributed by atoms with Crippen LogP contribution in [-0.2, 0) is 18.4 Å². The first-order valence-corrected chi connectivity index (χ1v) is 21.0. The Morgan fingerprint density at radius 2 is 1.70 bits per heavy atom. The van der Waals surface area contributed by atoms with Crippen LogP contribution in [0.3, 0.4) is 0 Å². The number of thiazole rings is 1. The van der Waals surface area contributed by atoms with E-state index in [2.05, 4.69) is 39.9 Å². The van der Waals surface area contributed by atoms with Crippen molar-refractivity contribution in [2.75, 3.05) is 46.9 Å². The zero-order valence-electron chi connectivity index (χ0n) is 33.5. The number of piperazine rings is 1. The van der Waals surface area contributed by atoms with E-state index >= 15 is 0 Å². The maximum Gasteiger partial charge on any atom is 0.253 e. The van der Waals surface area contributed by atoms with E-state index in [9.17, 15) is 14.9 Å². The quantitative estimate of drug-likeness (QED) is 0.0723. The summed E-state index contributed by atoms with van der Waals surface area (Å²) in [6.45, 7) is 12.2. The van der Waals surface area contributed by atoms with Crippen LogP contribution in [0.25, 0.3) is 17.2 Å². The fourth-order valence-electron chi connectivity index (χ4n) is 8.91. The van der Waals surface area contributed by atoms with Gasteiger partial charge in [-0.25, -0.2) is 4.98 Å². The number of nitrogens with zero attached hydrogens (tertiary/aromatic N) is 5. The van der Waals surface area contributed by atoms with Gasteiger partial charge in [-0.3, -0.25) is 14.5 Å². The molecular weight excluding hydrogens is 695 g/mol. The number of ketones is 1. The van der Waals surface area contributed by atoms with Gasteiger partial charge in [0.05, 0.1) is 25.4 Å². The number of ether oxygens (including phenoxy) is 2.